The second-order valence-electron chi connectivity index (χ2n) is 6.64. The molecule has 3 aromatic carbocycles. The van der Waals surface area contributed by atoms with Crippen molar-refractivity contribution in [3.8, 4) is 0 Å². The summed E-state index contributed by atoms with van der Waals surface area (Å²) in [7, 11) is 0. The lowest BCUT2D eigenvalue weighted by atomic mass is 10.1. The van der Waals surface area contributed by atoms with Gasteiger partial charge in [0.1, 0.15) is 13.2 Å². The quantitative estimate of drug-likeness (QED) is 0.339. The van der Waals surface area contributed by atoms with E-state index in [0.29, 0.717) is 11.1 Å². The minimum absolute atomic E-state index is 0.0703. The lowest BCUT2D eigenvalue weighted by Crippen LogP contribution is -2.11. The van der Waals surface area contributed by atoms with Gasteiger partial charge in [0.2, 0.25) is 0 Å². The van der Waals surface area contributed by atoms with Gasteiger partial charge in [0, 0.05) is 0 Å². The van der Waals surface area contributed by atoms with Gasteiger partial charge < -0.3 is 29.9 Å². The van der Waals surface area contributed by atoms with E-state index in [-0.39, 0.29) is 37.6 Å². The van der Waals surface area contributed by atoms with E-state index >= 15 is 0 Å². The number of ether oxygens (including phenoxy) is 2. The highest BCUT2D eigenvalue weighted by atomic mass is 16.5. The molecule has 4 N–H and O–H groups in total. The zero-order chi connectivity index (χ0) is 26.8. The summed E-state index contributed by atoms with van der Waals surface area (Å²) in [5.74, 6) is -2.90. The molecule has 190 valence electrons. The summed E-state index contributed by atoms with van der Waals surface area (Å²) >= 11 is 0. The first-order chi connectivity index (χ1) is 17.3. The SMILES string of the molecule is O=C(O)c1ccccc1.O=C(O)c1ccccc1.O=C(OCCO)c1ccc(C(=O)OCCO)cc1. The summed E-state index contributed by atoms with van der Waals surface area (Å²) in [5.41, 5.74) is 1.22. The Morgan fingerprint density at radius 3 is 1.03 bits per heavy atom. The Labute approximate surface area is 207 Å². The number of aliphatic hydroxyl groups excluding tert-OH is 2. The molecular weight excluding hydrogens is 472 g/mol. The van der Waals surface area contributed by atoms with Crippen molar-refractivity contribution in [3.63, 3.8) is 0 Å². The van der Waals surface area contributed by atoms with Crippen molar-refractivity contribution >= 4 is 23.9 Å². The first-order valence-electron chi connectivity index (χ1n) is 10.5. The van der Waals surface area contributed by atoms with Crippen molar-refractivity contribution in [1.29, 1.82) is 0 Å². The molecule has 0 saturated carbocycles. The Morgan fingerprint density at radius 1 is 0.500 bits per heavy atom. The monoisotopic (exact) mass is 498 g/mol. The van der Waals surface area contributed by atoms with Crippen LogP contribution in [0.4, 0.5) is 0 Å². The van der Waals surface area contributed by atoms with E-state index in [1.165, 1.54) is 24.3 Å². The Morgan fingerprint density at radius 2 is 0.806 bits per heavy atom. The number of carboxylic acids is 2. The molecule has 0 aromatic heterocycles. The van der Waals surface area contributed by atoms with Gasteiger partial charge in [-0.2, -0.15) is 0 Å². The Hall–Kier alpha value is -4.54. The highest BCUT2D eigenvalue weighted by Gasteiger charge is 2.10. The molecule has 0 heterocycles. The molecule has 10 heteroatoms. The summed E-state index contributed by atoms with van der Waals surface area (Å²) in [5, 5.41) is 33.8. The first kappa shape index (κ1) is 29.5. The van der Waals surface area contributed by atoms with Crippen LogP contribution in [0.3, 0.4) is 0 Å². The van der Waals surface area contributed by atoms with E-state index in [9.17, 15) is 19.2 Å². The van der Waals surface area contributed by atoms with E-state index in [1.807, 2.05) is 0 Å². The van der Waals surface area contributed by atoms with Gasteiger partial charge >= 0.3 is 23.9 Å². The van der Waals surface area contributed by atoms with Crippen LogP contribution in [0.25, 0.3) is 0 Å². The van der Waals surface area contributed by atoms with Gasteiger partial charge in [-0.3, -0.25) is 0 Å². The van der Waals surface area contributed by atoms with E-state index < -0.39 is 23.9 Å². The summed E-state index contributed by atoms with van der Waals surface area (Å²) in [4.78, 5) is 43.2. The molecule has 36 heavy (non-hydrogen) atoms. The van der Waals surface area contributed by atoms with Crippen LogP contribution in [0, 0.1) is 0 Å². The van der Waals surface area contributed by atoms with Crippen LogP contribution in [0.2, 0.25) is 0 Å². The molecule has 0 saturated heterocycles. The van der Waals surface area contributed by atoms with Gasteiger partial charge in [0.05, 0.1) is 35.5 Å². The van der Waals surface area contributed by atoms with Crippen molar-refractivity contribution in [3.05, 3.63) is 107 Å². The van der Waals surface area contributed by atoms with Gasteiger partial charge in [-0.05, 0) is 48.5 Å². The third-order valence-electron chi connectivity index (χ3n) is 4.05. The number of hydrogen-bond donors (Lipinski definition) is 4. The van der Waals surface area contributed by atoms with E-state index in [2.05, 4.69) is 0 Å². The molecule has 3 aromatic rings. The third-order valence-corrected chi connectivity index (χ3v) is 4.05. The predicted octanol–water partition coefficient (Wildman–Crippen LogP) is 2.75. The van der Waals surface area contributed by atoms with Gasteiger partial charge in [-0.25, -0.2) is 19.2 Å². The highest BCUT2D eigenvalue weighted by molar-refractivity contribution is 5.93. The number of aromatic carboxylic acids is 2. The normalized spacial score (nSPS) is 9.39. The maximum Gasteiger partial charge on any atom is 0.338 e. The van der Waals surface area contributed by atoms with Gasteiger partial charge in [0.25, 0.3) is 0 Å². The molecule has 0 spiro atoms. The van der Waals surface area contributed by atoms with Crippen molar-refractivity contribution in [2.45, 2.75) is 0 Å². The minimum Gasteiger partial charge on any atom is -0.478 e. The number of rotatable bonds is 8. The third kappa shape index (κ3) is 11.5. The number of carboxylic acid groups (broad SMARTS) is 2. The maximum atomic E-state index is 11.4. The lowest BCUT2D eigenvalue weighted by molar-refractivity contribution is 0.0422. The summed E-state index contributed by atoms with van der Waals surface area (Å²) in [6.45, 7) is -0.618. The van der Waals surface area contributed by atoms with E-state index in [1.54, 1.807) is 60.7 Å². The largest absolute Gasteiger partial charge is 0.478 e. The topological polar surface area (TPSA) is 168 Å². The average molecular weight is 498 g/mol. The number of carbonyl (C=O) groups excluding carboxylic acids is 2. The number of aliphatic hydroxyl groups is 2. The maximum absolute atomic E-state index is 11.4. The summed E-state index contributed by atoms with van der Waals surface area (Å²) < 4.78 is 9.41. The average Bonchev–Trinajstić information content (AvgIpc) is 2.92. The molecule has 0 fully saturated rings. The zero-order valence-electron chi connectivity index (χ0n) is 19.1. The molecule has 0 amide bonds. The fraction of sp³-hybridized carbons (Fsp3) is 0.154. The molecule has 10 nitrogen and oxygen atoms in total. The van der Waals surface area contributed by atoms with Crippen molar-refractivity contribution in [2.24, 2.45) is 0 Å². The van der Waals surface area contributed by atoms with E-state index in [0.717, 1.165) is 0 Å². The van der Waals surface area contributed by atoms with Gasteiger partial charge in [-0.1, -0.05) is 36.4 Å². The van der Waals surface area contributed by atoms with Crippen LogP contribution in [0.1, 0.15) is 41.4 Å². The van der Waals surface area contributed by atoms with Crippen LogP contribution >= 0.6 is 0 Å². The minimum atomic E-state index is -0.879. The zero-order valence-corrected chi connectivity index (χ0v) is 19.1. The Bertz CT molecular complexity index is 992. The molecule has 3 rings (SSSR count). The lowest BCUT2D eigenvalue weighted by Gasteiger charge is -2.05. The highest BCUT2D eigenvalue weighted by Crippen LogP contribution is 2.07. The summed E-state index contributed by atoms with van der Waals surface area (Å²) in [6.07, 6.45) is 0. The smallest absolute Gasteiger partial charge is 0.338 e. The Balaban J connectivity index is 0.000000300. The van der Waals surface area contributed by atoms with Crippen molar-refractivity contribution < 1.29 is 49.1 Å². The number of benzene rings is 3. The van der Waals surface area contributed by atoms with E-state index in [4.69, 9.17) is 29.9 Å². The second-order valence-corrected chi connectivity index (χ2v) is 6.64. The molecule has 0 aliphatic heterocycles. The van der Waals surface area contributed by atoms with Crippen LogP contribution in [-0.4, -0.2) is 70.7 Å². The molecule has 0 unspecified atom stereocenters. The fourth-order valence-corrected chi connectivity index (χ4v) is 2.35. The molecule has 0 atom stereocenters. The second kappa shape index (κ2) is 17.0. The van der Waals surface area contributed by atoms with Crippen molar-refractivity contribution in [1.82, 2.24) is 0 Å². The Kier molecular flexibility index (Phi) is 13.9. The van der Waals surface area contributed by atoms with Crippen LogP contribution in [0.15, 0.2) is 84.9 Å². The number of carbonyl (C=O) groups is 4. The molecule has 0 radical (unpaired) electrons. The standard InChI is InChI=1S/C12H14O6.2C7H6O2/c13-5-7-17-11(15)9-1-2-10(4-3-9)12(16)18-8-6-14;2*8-7(9)6-4-2-1-3-5-6/h1-4,13-14H,5-8H2;2*1-5H,(H,8,9). The predicted molar refractivity (Wildman–Crippen MR) is 128 cm³/mol. The number of hydrogen-bond acceptors (Lipinski definition) is 8. The number of esters is 2. The fourth-order valence-electron chi connectivity index (χ4n) is 2.35. The van der Waals surface area contributed by atoms with Gasteiger partial charge in [0.15, 0.2) is 0 Å². The van der Waals surface area contributed by atoms with Crippen LogP contribution < -0.4 is 0 Å². The molecule has 0 aliphatic carbocycles. The van der Waals surface area contributed by atoms with Gasteiger partial charge in [-0.15, -0.1) is 0 Å². The molecule has 0 bridgehead atoms. The van der Waals surface area contributed by atoms with Crippen LogP contribution in [-0.2, 0) is 9.47 Å². The first-order valence-corrected chi connectivity index (χ1v) is 10.5. The van der Waals surface area contributed by atoms with Crippen molar-refractivity contribution in [2.75, 3.05) is 26.4 Å². The molecular formula is C26H26O10. The summed E-state index contributed by atoms with van der Waals surface area (Å²) in [6, 6.07) is 22.3. The molecule has 0 aliphatic rings. The van der Waals surface area contributed by atoms with Crippen LogP contribution in [0.5, 0.6) is 0 Å².